The van der Waals surface area contributed by atoms with Gasteiger partial charge in [-0.3, -0.25) is 9.59 Å². The van der Waals surface area contributed by atoms with Gasteiger partial charge in [-0.25, -0.2) is 0 Å². The van der Waals surface area contributed by atoms with E-state index in [1.165, 1.54) is 6.92 Å². The molecule has 2 amide bonds. The molecule has 0 aromatic heterocycles. The molecule has 1 aliphatic rings. The first-order valence-electron chi connectivity index (χ1n) is 6.44. The number of carbonyl (C=O) groups excluding carboxylic acids is 2. The summed E-state index contributed by atoms with van der Waals surface area (Å²) in [6.45, 7) is 0.00189. The van der Waals surface area contributed by atoms with E-state index in [1.807, 2.05) is 0 Å². The van der Waals surface area contributed by atoms with E-state index in [2.05, 4.69) is 5.32 Å². The van der Waals surface area contributed by atoms with E-state index in [1.54, 1.807) is 5.32 Å². The highest BCUT2D eigenvalue weighted by Gasteiger charge is 2.29. The van der Waals surface area contributed by atoms with Crippen molar-refractivity contribution < 1.29 is 22.8 Å². The van der Waals surface area contributed by atoms with E-state index in [0.29, 0.717) is 0 Å². The van der Waals surface area contributed by atoms with Crippen LogP contribution in [0.1, 0.15) is 39.0 Å². The average Bonchev–Trinajstić information content (AvgIpc) is 2.36. The second-order valence-electron chi connectivity index (χ2n) is 4.90. The molecule has 1 rings (SSSR count). The van der Waals surface area contributed by atoms with Gasteiger partial charge >= 0.3 is 6.18 Å². The van der Waals surface area contributed by atoms with Gasteiger partial charge in [-0.2, -0.15) is 13.2 Å². The highest BCUT2D eigenvalue weighted by molar-refractivity contribution is 5.88. The first-order valence-corrected chi connectivity index (χ1v) is 6.44. The van der Waals surface area contributed by atoms with Crippen LogP contribution in [-0.4, -0.2) is 30.6 Å². The zero-order valence-corrected chi connectivity index (χ0v) is 10.8. The van der Waals surface area contributed by atoms with Crippen LogP contribution < -0.4 is 10.6 Å². The quantitative estimate of drug-likeness (QED) is 0.824. The van der Waals surface area contributed by atoms with Crippen molar-refractivity contribution in [2.24, 2.45) is 5.92 Å². The smallest absolute Gasteiger partial charge is 0.345 e. The largest absolute Gasteiger partial charge is 0.405 e. The lowest BCUT2D eigenvalue weighted by Gasteiger charge is -2.23. The van der Waals surface area contributed by atoms with Crippen LogP contribution in [0.25, 0.3) is 0 Å². The van der Waals surface area contributed by atoms with Crippen molar-refractivity contribution in [2.45, 2.75) is 51.2 Å². The molecule has 1 saturated carbocycles. The standard InChI is InChI=1S/C12H19F3N2O2/c1-8(10(18)16-7-12(13,14)15)17-11(19)9-5-3-2-4-6-9/h8-9H,2-7H2,1H3,(H,16,18)(H,17,19)/t8-/m0/s1. The minimum atomic E-state index is -4.44. The van der Waals surface area contributed by atoms with Gasteiger partial charge < -0.3 is 10.6 Å². The highest BCUT2D eigenvalue weighted by Crippen LogP contribution is 2.23. The lowest BCUT2D eigenvalue weighted by molar-refractivity contribution is -0.140. The average molecular weight is 280 g/mol. The molecule has 0 aliphatic heterocycles. The Morgan fingerprint density at radius 1 is 1.21 bits per heavy atom. The first-order chi connectivity index (χ1) is 8.79. The van der Waals surface area contributed by atoms with Crippen molar-refractivity contribution in [3.63, 3.8) is 0 Å². The zero-order chi connectivity index (χ0) is 14.5. The number of amides is 2. The van der Waals surface area contributed by atoms with Gasteiger partial charge in [0.1, 0.15) is 12.6 Å². The van der Waals surface area contributed by atoms with E-state index >= 15 is 0 Å². The van der Waals surface area contributed by atoms with Crippen LogP contribution in [0.2, 0.25) is 0 Å². The predicted octanol–water partition coefficient (Wildman–Crippen LogP) is 1.75. The molecule has 0 saturated heterocycles. The summed E-state index contributed by atoms with van der Waals surface area (Å²) in [6.07, 6.45) is 0.180. The summed E-state index contributed by atoms with van der Waals surface area (Å²) in [5.74, 6) is -1.18. The summed E-state index contributed by atoms with van der Waals surface area (Å²) in [5.41, 5.74) is 0. The van der Waals surface area contributed by atoms with Crippen molar-refractivity contribution in [1.29, 1.82) is 0 Å². The summed E-state index contributed by atoms with van der Waals surface area (Å²) in [5, 5.41) is 4.22. The van der Waals surface area contributed by atoms with Gasteiger partial charge in [0.2, 0.25) is 11.8 Å². The van der Waals surface area contributed by atoms with Crippen LogP contribution in [0, 0.1) is 5.92 Å². The fourth-order valence-electron chi connectivity index (χ4n) is 2.10. The molecule has 7 heteroatoms. The minimum absolute atomic E-state index is 0.119. The summed E-state index contributed by atoms with van der Waals surface area (Å²) < 4.78 is 35.8. The maximum Gasteiger partial charge on any atom is 0.405 e. The molecule has 2 N–H and O–H groups in total. The van der Waals surface area contributed by atoms with E-state index < -0.39 is 24.7 Å². The van der Waals surface area contributed by atoms with Gasteiger partial charge in [0.25, 0.3) is 0 Å². The Morgan fingerprint density at radius 3 is 2.32 bits per heavy atom. The molecule has 4 nitrogen and oxygen atoms in total. The van der Waals surface area contributed by atoms with E-state index in [-0.39, 0.29) is 11.8 Å². The third-order valence-electron chi connectivity index (χ3n) is 3.19. The third kappa shape index (κ3) is 5.94. The maximum atomic E-state index is 11.9. The number of rotatable bonds is 4. The predicted molar refractivity (Wildman–Crippen MR) is 63.2 cm³/mol. The molecule has 0 spiro atoms. The van der Waals surface area contributed by atoms with Crippen molar-refractivity contribution in [1.82, 2.24) is 10.6 Å². The van der Waals surface area contributed by atoms with Crippen LogP contribution >= 0.6 is 0 Å². The van der Waals surface area contributed by atoms with Crippen molar-refractivity contribution >= 4 is 11.8 Å². The van der Waals surface area contributed by atoms with E-state index in [9.17, 15) is 22.8 Å². The van der Waals surface area contributed by atoms with Crippen LogP contribution in [0.15, 0.2) is 0 Å². The lowest BCUT2D eigenvalue weighted by Crippen LogP contribution is -2.48. The van der Waals surface area contributed by atoms with Crippen LogP contribution in [0.5, 0.6) is 0 Å². The molecule has 0 heterocycles. The summed E-state index contributed by atoms with van der Waals surface area (Å²) in [4.78, 5) is 23.2. The van der Waals surface area contributed by atoms with Gasteiger partial charge in [-0.1, -0.05) is 19.3 Å². The van der Waals surface area contributed by atoms with Crippen LogP contribution in [0.4, 0.5) is 13.2 Å². The SMILES string of the molecule is C[C@H](NC(=O)C1CCCCC1)C(=O)NCC(F)(F)F. The minimum Gasteiger partial charge on any atom is -0.345 e. The first kappa shape index (κ1) is 15.8. The van der Waals surface area contributed by atoms with Crippen molar-refractivity contribution in [3.8, 4) is 0 Å². The maximum absolute atomic E-state index is 11.9. The molecular formula is C12H19F3N2O2. The molecule has 0 bridgehead atoms. The van der Waals surface area contributed by atoms with Crippen molar-refractivity contribution in [2.75, 3.05) is 6.54 Å². The van der Waals surface area contributed by atoms with Crippen LogP contribution in [-0.2, 0) is 9.59 Å². The highest BCUT2D eigenvalue weighted by atomic mass is 19.4. The third-order valence-corrected chi connectivity index (χ3v) is 3.19. The molecule has 1 aliphatic carbocycles. The zero-order valence-electron chi connectivity index (χ0n) is 10.8. The molecule has 1 atom stereocenters. The molecule has 0 unspecified atom stereocenters. The number of hydrogen-bond acceptors (Lipinski definition) is 2. The lowest BCUT2D eigenvalue weighted by atomic mass is 9.88. The molecule has 19 heavy (non-hydrogen) atoms. The molecule has 1 fully saturated rings. The normalized spacial score (nSPS) is 18.7. The Bertz CT molecular complexity index is 325. The van der Waals surface area contributed by atoms with Crippen molar-refractivity contribution in [3.05, 3.63) is 0 Å². The molecule has 110 valence electrons. The molecule has 0 radical (unpaired) electrons. The number of carbonyl (C=O) groups is 2. The number of alkyl halides is 3. The second-order valence-corrected chi connectivity index (χ2v) is 4.90. The number of hydrogen-bond donors (Lipinski definition) is 2. The molecular weight excluding hydrogens is 261 g/mol. The monoisotopic (exact) mass is 280 g/mol. The fourth-order valence-corrected chi connectivity index (χ4v) is 2.10. The van der Waals surface area contributed by atoms with E-state index in [4.69, 9.17) is 0 Å². The van der Waals surface area contributed by atoms with Gasteiger partial charge in [-0.15, -0.1) is 0 Å². The Labute approximate surface area is 110 Å². The molecule has 0 aromatic carbocycles. The summed E-state index contributed by atoms with van der Waals surface area (Å²) in [7, 11) is 0. The van der Waals surface area contributed by atoms with E-state index in [0.717, 1.165) is 32.1 Å². The topological polar surface area (TPSA) is 58.2 Å². The Kier molecular flexibility index (Phi) is 5.62. The second kappa shape index (κ2) is 6.77. The Balaban J connectivity index is 2.34. The number of halogens is 3. The van der Waals surface area contributed by atoms with Gasteiger partial charge in [0, 0.05) is 5.92 Å². The fraction of sp³-hybridized carbons (Fsp3) is 0.833. The van der Waals surface area contributed by atoms with Gasteiger partial charge in [0.15, 0.2) is 0 Å². The van der Waals surface area contributed by atoms with Gasteiger partial charge in [-0.05, 0) is 19.8 Å². The Morgan fingerprint density at radius 2 is 1.79 bits per heavy atom. The van der Waals surface area contributed by atoms with Gasteiger partial charge in [0.05, 0.1) is 0 Å². The molecule has 0 aromatic rings. The Hall–Kier alpha value is -1.27. The summed E-state index contributed by atoms with van der Waals surface area (Å²) in [6, 6.07) is -0.947. The van der Waals surface area contributed by atoms with Crippen LogP contribution in [0.3, 0.4) is 0 Å². The number of nitrogens with one attached hydrogen (secondary N) is 2. The summed E-state index contributed by atoms with van der Waals surface area (Å²) >= 11 is 0.